The lowest BCUT2D eigenvalue weighted by Gasteiger charge is -2.33. The number of rotatable bonds is 3. The van der Waals surface area contributed by atoms with E-state index in [1.54, 1.807) is 12.4 Å². The van der Waals surface area contributed by atoms with Crippen LogP contribution in [0.4, 0.5) is 0 Å². The minimum Gasteiger partial charge on any atom is -0.342 e. The van der Waals surface area contributed by atoms with Gasteiger partial charge in [-0.25, -0.2) is 9.97 Å². The van der Waals surface area contributed by atoms with Crippen molar-refractivity contribution in [3.05, 3.63) is 42.2 Å². The number of hydrogen-bond acceptors (Lipinski definition) is 4. The Labute approximate surface area is 155 Å². The maximum absolute atomic E-state index is 12.2. The fourth-order valence-corrected chi connectivity index (χ4v) is 3.47. The minimum atomic E-state index is -0.112. The summed E-state index contributed by atoms with van der Waals surface area (Å²) >= 11 is 0. The van der Waals surface area contributed by atoms with E-state index >= 15 is 0 Å². The molecule has 1 aliphatic heterocycles. The number of carbonyl (C=O) groups excluding carboxylic acids is 1. The smallest absolute Gasteiger partial charge is 0.222 e. The summed E-state index contributed by atoms with van der Waals surface area (Å²) in [4.78, 5) is 28.0. The molecule has 1 saturated heterocycles. The molecule has 5 heteroatoms. The summed E-state index contributed by atoms with van der Waals surface area (Å²) in [6.45, 7) is 9.91. The van der Waals surface area contributed by atoms with Crippen LogP contribution in [0.5, 0.6) is 0 Å². The molecule has 0 radical (unpaired) electrons. The Bertz CT molecular complexity index is 767. The van der Waals surface area contributed by atoms with Gasteiger partial charge in [-0.1, -0.05) is 27.7 Å². The van der Waals surface area contributed by atoms with Crippen LogP contribution in [0.25, 0.3) is 11.1 Å². The Kier molecular flexibility index (Phi) is 5.35. The number of nitrogens with zero attached hydrogens (tertiary/aromatic N) is 4. The van der Waals surface area contributed by atoms with Crippen molar-refractivity contribution < 1.29 is 4.79 Å². The summed E-state index contributed by atoms with van der Waals surface area (Å²) in [5.74, 6) is 1.32. The standard InChI is InChI=1S/C21H28N4O/c1-5-18(26)25-12-6-7-16(14-25)19-17(15-8-10-22-11-9-15)13-23-20(24-19)21(2,3)4/h8-11,13,16H,5-7,12,14H2,1-4H3. The first-order chi connectivity index (χ1) is 12.4. The molecule has 0 spiro atoms. The van der Waals surface area contributed by atoms with Crippen molar-refractivity contribution in [3.63, 3.8) is 0 Å². The van der Waals surface area contributed by atoms with Gasteiger partial charge in [-0.15, -0.1) is 0 Å². The van der Waals surface area contributed by atoms with E-state index < -0.39 is 0 Å². The van der Waals surface area contributed by atoms with Crippen LogP contribution in [-0.2, 0) is 10.2 Å². The molecule has 2 aromatic heterocycles. The zero-order valence-corrected chi connectivity index (χ0v) is 16.2. The van der Waals surface area contributed by atoms with Gasteiger partial charge < -0.3 is 4.90 Å². The van der Waals surface area contributed by atoms with E-state index in [9.17, 15) is 4.79 Å². The van der Waals surface area contributed by atoms with Crippen LogP contribution in [0.15, 0.2) is 30.7 Å². The summed E-state index contributed by atoms with van der Waals surface area (Å²) < 4.78 is 0. The largest absolute Gasteiger partial charge is 0.342 e. The molecule has 0 aliphatic carbocycles. The Morgan fingerprint density at radius 2 is 2.00 bits per heavy atom. The number of likely N-dealkylation sites (tertiary alicyclic amines) is 1. The molecule has 1 atom stereocenters. The van der Waals surface area contributed by atoms with Gasteiger partial charge in [0.2, 0.25) is 5.91 Å². The monoisotopic (exact) mass is 352 g/mol. The van der Waals surface area contributed by atoms with Crippen molar-refractivity contribution in [2.75, 3.05) is 13.1 Å². The van der Waals surface area contributed by atoms with Crippen LogP contribution in [0.2, 0.25) is 0 Å². The zero-order chi connectivity index (χ0) is 18.7. The maximum Gasteiger partial charge on any atom is 0.222 e. The van der Waals surface area contributed by atoms with Crippen molar-refractivity contribution in [1.29, 1.82) is 0 Å². The molecule has 26 heavy (non-hydrogen) atoms. The lowest BCUT2D eigenvalue weighted by molar-refractivity contribution is -0.132. The van der Waals surface area contributed by atoms with Crippen LogP contribution in [0, 0.1) is 0 Å². The van der Waals surface area contributed by atoms with E-state index in [0.29, 0.717) is 6.42 Å². The highest BCUT2D eigenvalue weighted by molar-refractivity contribution is 5.76. The van der Waals surface area contributed by atoms with Crippen LogP contribution in [0.1, 0.15) is 64.4 Å². The molecule has 138 valence electrons. The van der Waals surface area contributed by atoms with Gasteiger partial charge in [0.15, 0.2) is 0 Å². The first-order valence-electron chi connectivity index (χ1n) is 9.45. The average molecular weight is 352 g/mol. The van der Waals surface area contributed by atoms with E-state index in [-0.39, 0.29) is 17.2 Å². The lowest BCUT2D eigenvalue weighted by Crippen LogP contribution is -2.39. The molecule has 3 rings (SSSR count). The second-order valence-electron chi connectivity index (χ2n) is 8.01. The first-order valence-corrected chi connectivity index (χ1v) is 9.45. The molecule has 1 aliphatic rings. The second-order valence-corrected chi connectivity index (χ2v) is 8.01. The topological polar surface area (TPSA) is 59.0 Å². The highest BCUT2D eigenvalue weighted by atomic mass is 16.2. The van der Waals surface area contributed by atoms with Crippen LogP contribution in [0.3, 0.4) is 0 Å². The number of aromatic nitrogens is 3. The number of carbonyl (C=O) groups is 1. The van der Waals surface area contributed by atoms with Gasteiger partial charge >= 0.3 is 0 Å². The third-order valence-corrected chi connectivity index (χ3v) is 4.94. The number of amides is 1. The molecule has 0 bridgehead atoms. The SMILES string of the molecule is CCC(=O)N1CCCC(c2nc(C(C)(C)C)ncc2-c2ccncc2)C1. The quantitative estimate of drug-likeness (QED) is 0.839. The molecule has 3 heterocycles. The highest BCUT2D eigenvalue weighted by Gasteiger charge is 2.29. The molecule has 0 saturated carbocycles. The van der Waals surface area contributed by atoms with Gasteiger partial charge in [0, 0.05) is 55.0 Å². The normalized spacial score (nSPS) is 18.0. The molecule has 0 aromatic carbocycles. The van der Waals surface area contributed by atoms with Gasteiger partial charge in [-0.05, 0) is 30.5 Å². The van der Waals surface area contributed by atoms with E-state index in [4.69, 9.17) is 4.98 Å². The van der Waals surface area contributed by atoms with E-state index in [2.05, 4.69) is 30.7 Å². The molecular formula is C21H28N4O. The molecule has 1 amide bonds. The summed E-state index contributed by atoms with van der Waals surface area (Å²) in [6, 6.07) is 3.99. The number of hydrogen-bond donors (Lipinski definition) is 0. The van der Waals surface area contributed by atoms with Gasteiger partial charge in [-0.2, -0.15) is 0 Å². The van der Waals surface area contributed by atoms with Crippen molar-refractivity contribution in [1.82, 2.24) is 19.9 Å². The van der Waals surface area contributed by atoms with Gasteiger partial charge in [0.25, 0.3) is 0 Å². The zero-order valence-electron chi connectivity index (χ0n) is 16.2. The predicted octanol–water partition coefficient (Wildman–Crippen LogP) is 3.95. The average Bonchev–Trinajstić information content (AvgIpc) is 2.67. The summed E-state index contributed by atoms with van der Waals surface area (Å²) in [7, 11) is 0. The molecule has 0 N–H and O–H groups in total. The minimum absolute atomic E-state index is 0.112. The van der Waals surface area contributed by atoms with Crippen molar-refractivity contribution in [3.8, 4) is 11.1 Å². The lowest BCUT2D eigenvalue weighted by atomic mass is 9.88. The third kappa shape index (κ3) is 3.92. The van der Waals surface area contributed by atoms with Crippen molar-refractivity contribution >= 4 is 5.91 Å². The molecule has 1 unspecified atom stereocenters. The Morgan fingerprint density at radius 3 is 2.65 bits per heavy atom. The first kappa shape index (κ1) is 18.5. The molecule has 5 nitrogen and oxygen atoms in total. The number of pyridine rings is 1. The van der Waals surface area contributed by atoms with E-state index in [1.807, 2.05) is 30.2 Å². The summed E-state index contributed by atoms with van der Waals surface area (Å²) in [5.41, 5.74) is 3.08. The molecule has 1 fully saturated rings. The maximum atomic E-state index is 12.2. The fraction of sp³-hybridized carbons (Fsp3) is 0.524. The van der Waals surface area contributed by atoms with E-state index in [0.717, 1.165) is 48.6 Å². The van der Waals surface area contributed by atoms with Gasteiger partial charge in [-0.3, -0.25) is 9.78 Å². The Hall–Kier alpha value is -2.30. The van der Waals surface area contributed by atoms with Gasteiger partial charge in [0.1, 0.15) is 5.82 Å². The Morgan fingerprint density at radius 1 is 1.27 bits per heavy atom. The van der Waals surface area contributed by atoms with Crippen molar-refractivity contribution in [2.45, 2.75) is 58.3 Å². The molecular weight excluding hydrogens is 324 g/mol. The molecule has 2 aromatic rings. The Balaban J connectivity index is 2.03. The van der Waals surface area contributed by atoms with Crippen molar-refractivity contribution in [2.24, 2.45) is 0 Å². The predicted molar refractivity (Wildman–Crippen MR) is 103 cm³/mol. The second kappa shape index (κ2) is 7.52. The fourth-order valence-electron chi connectivity index (χ4n) is 3.47. The highest BCUT2D eigenvalue weighted by Crippen LogP contribution is 2.34. The van der Waals surface area contributed by atoms with Crippen LogP contribution >= 0.6 is 0 Å². The van der Waals surface area contributed by atoms with Gasteiger partial charge in [0.05, 0.1) is 5.69 Å². The number of piperidine rings is 1. The summed E-state index contributed by atoms with van der Waals surface area (Å²) in [6.07, 6.45) is 8.15. The van der Waals surface area contributed by atoms with Crippen LogP contribution in [-0.4, -0.2) is 38.8 Å². The van der Waals surface area contributed by atoms with Crippen LogP contribution < -0.4 is 0 Å². The third-order valence-electron chi connectivity index (χ3n) is 4.94. The summed E-state index contributed by atoms with van der Waals surface area (Å²) in [5, 5.41) is 0. The van der Waals surface area contributed by atoms with E-state index in [1.165, 1.54) is 0 Å².